The zero-order valence-electron chi connectivity index (χ0n) is 11.1. The molecule has 0 aliphatic heterocycles. The molecule has 1 aromatic heterocycles. The Hall–Kier alpha value is -1.67. The molecule has 0 fully saturated rings. The number of amides is 1. The van der Waals surface area contributed by atoms with Crippen LogP contribution in [-0.4, -0.2) is 5.91 Å². The van der Waals surface area contributed by atoms with Crippen LogP contribution in [-0.2, 0) is 0 Å². The molecule has 0 bridgehead atoms. The number of rotatable bonds is 2. The van der Waals surface area contributed by atoms with E-state index < -0.39 is 11.5 Å². The fourth-order valence-electron chi connectivity index (χ4n) is 2.00. The number of fused-ring (bicyclic) bond motifs is 1. The van der Waals surface area contributed by atoms with E-state index >= 15 is 0 Å². The number of benzene rings is 2. The third-order valence-corrected chi connectivity index (χ3v) is 4.49. The number of anilines is 1. The molecule has 3 aromatic rings. The van der Waals surface area contributed by atoms with Gasteiger partial charge >= 0.3 is 5.63 Å². The first kappa shape index (κ1) is 15.2. The van der Waals surface area contributed by atoms with Crippen LogP contribution in [0.2, 0.25) is 0 Å². The first-order valence-electron chi connectivity index (χ1n) is 6.34. The highest BCUT2D eigenvalue weighted by atomic mass is 127. The lowest BCUT2D eigenvalue weighted by atomic mass is 10.1. The highest BCUT2D eigenvalue weighted by molar-refractivity contribution is 14.1. The lowest BCUT2D eigenvalue weighted by Crippen LogP contribution is -2.21. The van der Waals surface area contributed by atoms with Crippen LogP contribution < -0.4 is 10.9 Å². The van der Waals surface area contributed by atoms with E-state index in [1.807, 2.05) is 18.2 Å². The second-order valence-corrected chi connectivity index (χ2v) is 6.64. The largest absolute Gasteiger partial charge is 0.422 e. The molecule has 6 heteroatoms. The van der Waals surface area contributed by atoms with E-state index in [1.54, 1.807) is 24.3 Å². The van der Waals surface area contributed by atoms with E-state index in [0.717, 1.165) is 8.04 Å². The number of carbonyl (C=O) groups excluding carboxylic acids is 1. The van der Waals surface area contributed by atoms with E-state index in [2.05, 4.69) is 43.8 Å². The average molecular weight is 470 g/mol. The van der Waals surface area contributed by atoms with Crippen molar-refractivity contribution in [2.24, 2.45) is 0 Å². The number of para-hydroxylation sites is 1. The summed E-state index contributed by atoms with van der Waals surface area (Å²) in [5.74, 6) is -0.486. The topological polar surface area (TPSA) is 59.3 Å². The molecule has 3 rings (SSSR count). The van der Waals surface area contributed by atoms with Gasteiger partial charge in [-0.05, 0) is 59.0 Å². The van der Waals surface area contributed by atoms with Crippen molar-refractivity contribution in [1.29, 1.82) is 0 Å². The molecule has 0 aliphatic carbocycles. The summed E-state index contributed by atoms with van der Waals surface area (Å²) in [6, 6.07) is 14.1. The Morgan fingerprint density at radius 1 is 1.14 bits per heavy atom. The lowest BCUT2D eigenvalue weighted by Gasteiger charge is -2.07. The summed E-state index contributed by atoms with van der Waals surface area (Å²) in [6.45, 7) is 0. The molecule has 22 heavy (non-hydrogen) atoms. The van der Waals surface area contributed by atoms with Crippen molar-refractivity contribution < 1.29 is 9.21 Å². The molecule has 0 radical (unpaired) electrons. The number of halogens is 2. The third-order valence-electron chi connectivity index (χ3n) is 3.06. The number of hydrogen-bond acceptors (Lipinski definition) is 3. The molecule has 4 nitrogen and oxygen atoms in total. The number of hydrogen-bond donors (Lipinski definition) is 1. The van der Waals surface area contributed by atoms with Gasteiger partial charge in [0.25, 0.3) is 5.91 Å². The third kappa shape index (κ3) is 3.07. The molecule has 0 saturated heterocycles. The molecular weight excluding hydrogens is 461 g/mol. The molecule has 1 N–H and O–H groups in total. The fourth-order valence-corrected chi connectivity index (χ4v) is 2.91. The zero-order chi connectivity index (χ0) is 15.7. The summed E-state index contributed by atoms with van der Waals surface area (Å²) >= 11 is 5.47. The molecule has 2 aromatic carbocycles. The SMILES string of the molecule is O=C(Nc1ccccc1I)c1cc2cc(Br)ccc2oc1=O. The Kier molecular flexibility index (Phi) is 4.30. The smallest absolute Gasteiger partial charge is 0.349 e. The highest BCUT2D eigenvalue weighted by Crippen LogP contribution is 2.21. The standard InChI is InChI=1S/C16H9BrINO3/c17-10-5-6-14-9(7-10)8-11(16(21)22-14)15(20)19-13-4-2-1-3-12(13)18/h1-8H,(H,19,20). The van der Waals surface area contributed by atoms with E-state index in [-0.39, 0.29) is 5.56 Å². The van der Waals surface area contributed by atoms with Crippen LogP contribution in [0.5, 0.6) is 0 Å². The minimum absolute atomic E-state index is 0.0229. The molecule has 0 unspecified atom stereocenters. The van der Waals surface area contributed by atoms with E-state index in [0.29, 0.717) is 16.7 Å². The summed E-state index contributed by atoms with van der Waals surface area (Å²) in [6.07, 6.45) is 0. The number of carbonyl (C=O) groups is 1. The first-order valence-corrected chi connectivity index (χ1v) is 8.21. The Morgan fingerprint density at radius 2 is 1.91 bits per heavy atom. The predicted octanol–water partition coefficient (Wildman–Crippen LogP) is 4.41. The summed E-state index contributed by atoms with van der Waals surface area (Å²) in [4.78, 5) is 24.3. The van der Waals surface area contributed by atoms with Crippen LogP contribution in [0.15, 0.2) is 62.2 Å². The minimum Gasteiger partial charge on any atom is -0.422 e. The van der Waals surface area contributed by atoms with Crippen molar-refractivity contribution in [3.05, 3.63) is 72.6 Å². The van der Waals surface area contributed by atoms with Crippen LogP contribution >= 0.6 is 38.5 Å². The molecule has 0 saturated carbocycles. The van der Waals surface area contributed by atoms with Gasteiger partial charge in [0.05, 0.1) is 5.69 Å². The molecule has 0 aliphatic rings. The van der Waals surface area contributed by atoms with Gasteiger partial charge < -0.3 is 9.73 Å². The van der Waals surface area contributed by atoms with Gasteiger partial charge in [0.2, 0.25) is 0 Å². The summed E-state index contributed by atoms with van der Waals surface area (Å²) in [5, 5.41) is 3.41. The monoisotopic (exact) mass is 469 g/mol. The van der Waals surface area contributed by atoms with Crippen molar-refractivity contribution >= 4 is 61.1 Å². The van der Waals surface area contributed by atoms with Gasteiger partial charge in [-0.3, -0.25) is 4.79 Å². The fraction of sp³-hybridized carbons (Fsp3) is 0. The number of nitrogens with one attached hydrogen (secondary N) is 1. The van der Waals surface area contributed by atoms with Gasteiger partial charge in [0.15, 0.2) is 0 Å². The predicted molar refractivity (Wildman–Crippen MR) is 97.3 cm³/mol. The van der Waals surface area contributed by atoms with Crippen molar-refractivity contribution in [3.8, 4) is 0 Å². The van der Waals surface area contributed by atoms with Gasteiger partial charge in [-0.15, -0.1) is 0 Å². The normalized spacial score (nSPS) is 10.6. The first-order chi connectivity index (χ1) is 10.5. The second-order valence-electron chi connectivity index (χ2n) is 4.56. The van der Waals surface area contributed by atoms with Crippen molar-refractivity contribution in [3.63, 3.8) is 0 Å². The summed E-state index contributed by atoms with van der Waals surface area (Å²) in [5.41, 5.74) is 0.421. The van der Waals surface area contributed by atoms with E-state index in [9.17, 15) is 9.59 Å². The summed E-state index contributed by atoms with van der Waals surface area (Å²) in [7, 11) is 0. The quantitative estimate of drug-likeness (QED) is 0.446. The Morgan fingerprint density at radius 3 is 2.68 bits per heavy atom. The van der Waals surface area contributed by atoms with Gasteiger partial charge in [0.1, 0.15) is 11.1 Å². The Labute approximate surface area is 147 Å². The van der Waals surface area contributed by atoms with Crippen LogP contribution in [0.1, 0.15) is 10.4 Å². The zero-order valence-corrected chi connectivity index (χ0v) is 14.8. The van der Waals surface area contributed by atoms with Gasteiger partial charge in [0, 0.05) is 13.4 Å². The van der Waals surface area contributed by atoms with Gasteiger partial charge in [-0.1, -0.05) is 28.1 Å². The van der Waals surface area contributed by atoms with Crippen LogP contribution in [0.4, 0.5) is 5.69 Å². The maximum atomic E-state index is 12.3. The van der Waals surface area contributed by atoms with E-state index in [1.165, 1.54) is 6.07 Å². The molecule has 1 heterocycles. The van der Waals surface area contributed by atoms with Crippen LogP contribution in [0.25, 0.3) is 11.0 Å². The van der Waals surface area contributed by atoms with Gasteiger partial charge in [-0.25, -0.2) is 4.79 Å². The molecule has 0 spiro atoms. The average Bonchev–Trinajstić information content (AvgIpc) is 2.49. The van der Waals surface area contributed by atoms with Crippen LogP contribution in [0, 0.1) is 3.57 Å². The van der Waals surface area contributed by atoms with Gasteiger partial charge in [-0.2, -0.15) is 0 Å². The Balaban J connectivity index is 2.02. The molecule has 0 atom stereocenters. The maximum absolute atomic E-state index is 12.3. The molecule has 1 amide bonds. The van der Waals surface area contributed by atoms with Crippen LogP contribution in [0.3, 0.4) is 0 Å². The maximum Gasteiger partial charge on any atom is 0.349 e. The van der Waals surface area contributed by atoms with Crippen molar-refractivity contribution in [2.75, 3.05) is 5.32 Å². The highest BCUT2D eigenvalue weighted by Gasteiger charge is 2.15. The molecule has 110 valence electrons. The minimum atomic E-state index is -0.654. The summed E-state index contributed by atoms with van der Waals surface area (Å²) < 4.78 is 6.93. The lowest BCUT2D eigenvalue weighted by molar-refractivity contribution is 0.102. The van der Waals surface area contributed by atoms with E-state index in [4.69, 9.17) is 4.42 Å². The van der Waals surface area contributed by atoms with Crippen molar-refractivity contribution in [2.45, 2.75) is 0 Å². The second kappa shape index (κ2) is 6.21. The van der Waals surface area contributed by atoms with Crippen molar-refractivity contribution in [1.82, 2.24) is 0 Å². The Bertz CT molecular complexity index is 936. The molecular formula is C16H9BrINO3.